The summed E-state index contributed by atoms with van der Waals surface area (Å²) in [4.78, 5) is 26.1. The summed E-state index contributed by atoms with van der Waals surface area (Å²) in [5, 5.41) is 3.18. The molecule has 1 aromatic rings. The van der Waals surface area contributed by atoms with Crippen LogP contribution in [0.4, 0.5) is 5.69 Å². The fourth-order valence-corrected chi connectivity index (χ4v) is 3.22. The van der Waals surface area contributed by atoms with Gasteiger partial charge in [-0.3, -0.25) is 14.5 Å². The number of hydrogen-bond donors (Lipinski definition) is 1. The number of benzene rings is 1. The quantitative estimate of drug-likeness (QED) is 0.860. The van der Waals surface area contributed by atoms with Gasteiger partial charge in [0.15, 0.2) is 0 Å². The third-order valence-corrected chi connectivity index (χ3v) is 4.24. The van der Waals surface area contributed by atoms with Crippen molar-refractivity contribution in [3.63, 3.8) is 0 Å². The second kappa shape index (κ2) is 5.65. The van der Waals surface area contributed by atoms with Crippen LogP contribution in [0.15, 0.2) is 30.3 Å². The van der Waals surface area contributed by atoms with Gasteiger partial charge in [-0.2, -0.15) is 0 Å². The molecule has 2 aliphatic rings. The second-order valence-corrected chi connectivity index (χ2v) is 5.66. The van der Waals surface area contributed by atoms with Crippen molar-refractivity contribution in [2.75, 3.05) is 5.32 Å². The molecule has 1 aromatic carbocycles. The number of para-hydroxylation sites is 1. The molecule has 0 bridgehead atoms. The average Bonchev–Trinajstić information content (AvgIpc) is 2.75. The van der Waals surface area contributed by atoms with E-state index in [1.54, 1.807) is 0 Å². The molecule has 3 rings (SSSR count). The molecule has 1 aliphatic carbocycles. The molecule has 0 spiro atoms. The van der Waals surface area contributed by atoms with Gasteiger partial charge in [-0.25, -0.2) is 0 Å². The molecular weight excluding hydrogens is 252 g/mol. The topological polar surface area (TPSA) is 49.4 Å². The first kappa shape index (κ1) is 13.2. The Morgan fingerprint density at radius 2 is 1.70 bits per heavy atom. The maximum atomic E-state index is 12.5. The van der Waals surface area contributed by atoms with E-state index in [2.05, 4.69) is 5.32 Å². The van der Waals surface area contributed by atoms with Crippen LogP contribution >= 0.6 is 0 Å². The number of imide groups is 1. The Balaban J connectivity index is 1.70. The summed E-state index contributed by atoms with van der Waals surface area (Å²) >= 11 is 0. The minimum Gasteiger partial charge on any atom is -0.373 e. The van der Waals surface area contributed by atoms with Gasteiger partial charge in [0.25, 0.3) is 5.91 Å². The van der Waals surface area contributed by atoms with Gasteiger partial charge in [-0.15, -0.1) is 0 Å². The van der Waals surface area contributed by atoms with E-state index in [9.17, 15) is 9.59 Å². The van der Waals surface area contributed by atoms with Crippen molar-refractivity contribution in [3.05, 3.63) is 30.3 Å². The van der Waals surface area contributed by atoms with Gasteiger partial charge >= 0.3 is 0 Å². The van der Waals surface area contributed by atoms with Crippen molar-refractivity contribution >= 4 is 17.5 Å². The lowest BCUT2D eigenvalue weighted by Gasteiger charge is -2.29. The normalized spacial score (nSPS) is 24.2. The first-order chi connectivity index (χ1) is 9.75. The van der Waals surface area contributed by atoms with Crippen molar-refractivity contribution in [1.29, 1.82) is 0 Å². The Bertz CT molecular complexity index is 494. The van der Waals surface area contributed by atoms with Crippen LogP contribution in [0.25, 0.3) is 0 Å². The van der Waals surface area contributed by atoms with Gasteiger partial charge < -0.3 is 5.32 Å². The minimum absolute atomic E-state index is 0.0182. The molecule has 1 N–H and O–H groups in total. The number of amides is 2. The predicted molar refractivity (Wildman–Crippen MR) is 77.2 cm³/mol. The summed E-state index contributed by atoms with van der Waals surface area (Å²) in [6.45, 7) is 0. The molecule has 2 amide bonds. The van der Waals surface area contributed by atoms with E-state index in [1.165, 1.54) is 11.3 Å². The van der Waals surface area contributed by atoms with Crippen molar-refractivity contribution < 1.29 is 9.59 Å². The monoisotopic (exact) mass is 272 g/mol. The lowest BCUT2D eigenvalue weighted by Crippen LogP contribution is -2.43. The molecule has 1 heterocycles. The maximum absolute atomic E-state index is 12.5. The van der Waals surface area contributed by atoms with E-state index in [4.69, 9.17) is 0 Å². The Hall–Kier alpha value is -1.84. The molecule has 1 atom stereocenters. The largest absolute Gasteiger partial charge is 0.373 e. The molecule has 20 heavy (non-hydrogen) atoms. The third kappa shape index (κ3) is 2.55. The van der Waals surface area contributed by atoms with E-state index < -0.39 is 6.04 Å². The molecule has 0 radical (unpaired) electrons. The highest BCUT2D eigenvalue weighted by atomic mass is 16.2. The van der Waals surface area contributed by atoms with E-state index in [-0.39, 0.29) is 24.3 Å². The molecule has 1 saturated heterocycles. The third-order valence-electron chi connectivity index (χ3n) is 4.24. The van der Waals surface area contributed by atoms with E-state index in [0.29, 0.717) is 0 Å². The fraction of sp³-hybridized carbons (Fsp3) is 0.500. The number of likely N-dealkylation sites (tertiary alicyclic amines) is 1. The lowest BCUT2D eigenvalue weighted by molar-refractivity contribution is -0.141. The van der Waals surface area contributed by atoms with Crippen molar-refractivity contribution in [2.24, 2.45) is 0 Å². The van der Waals surface area contributed by atoms with Gasteiger partial charge in [-0.1, -0.05) is 37.5 Å². The Kier molecular flexibility index (Phi) is 3.72. The molecule has 1 saturated carbocycles. The van der Waals surface area contributed by atoms with Gasteiger partial charge in [0, 0.05) is 11.7 Å². The van der Waals surface area contributed by atoms with E-state index in [1.807, 2.05) is 30.3 Å². The van der Waals surface area contributed by atoms with Gasteiger partial charge in [-0.05, 0) is 25.0 Å². The number of nitrogens with one attached hydrogen (secondary N) is 1. The summed E-state index contributed by atoms with van der Waals surface area (Å²) in [6.07, 6.45) is 5.69. The number of carbonyl (C=O) groups is 2. The van der Waals surface area contributed by atoms with Crippen LogP contribution in [-0.4, -0.2) is 28.8 Å². The number of hydrogen-bond acceptors (Lipinski definition) is 3. The number of nitrogens with zero attached hydrogens (tertiary/aromatic N) is 1. The molecule has 0 aromatic heterocycles. The van der Waals surface area contributed by atoms with Crippen LogP contribution in [0, 0.1) is 0 Å². The smallest absolute Gasteiger partial charge is 0.252 e. The summed E-state index contributed by atoms with van der Waals surface area (Å²) in [5.74, 6) is -0.0684. The molecule has 1 aliphatic heterocycles. The zero-order chi connectivity index (χ0) is 13.9. The molecule has 1 unspecified atom stereocenters. The fourth-order valence-electron chi connectivity index (χ4n) is 3.22. The van der Waals surface area contributed by atoms with Crippen LogP contribution in [0.3, 0.4) is 0 Å². The highest BCUT2D eigenvalue weighted by molar-refractivity contribution is 6.07. The highest BCUT2D eigenvalue weighted by Crippen LogP contribution is 2.28. The van der Waals surface area contributed by atoms with Crippen LogP contribution in [0.2, 0.25) is 0 Å². The summed E-state index contributed by atoms with van der Waals surface area (Å²) < 4.78 is 0. The Labute approximate surface area is 119 Å². The number of carbonyl (C=O) groups excluding carboxylic acids is 2. The SMILES string of the molecule is O=C1CC(Nc2ccccc2)C(=O)N1C1CCCCC1. The van der Waals surface area contributed by atoms with Crippen molar-refractivity contribution in [3.8, 4) is 0 Å². The standard InChI is InChI=1S/C16H20N2O2/c19-15-11-14(17-12-7-3-1-4-8-12)16(20)18(15)13-9-5-2-6-10-13/h1,3-4,7-8,13-14,17H,2,5-6,9-11H2. The zero-order valence-corrected chi connectivity index (χ0v) is 11.5. The predicted octanol–water partition coefficient (Wildman–Crippen LogP) is 2.56. The van der Waals surface area contributed by atoms with Crippen LogP contribution < -0.4 is 5.32 Å². The molecule has 2 fully saturated rings. The van der Waals surface area contributed by atoms with E-state index in [0.717, 1.165) is 31.4 Å². The van der Waals surface area contributed by atoms with Crippen LogP contribution in [0.1, 0.15) is 38.5 Å². The maximum Gasteiger partial charge on any atom is 0.252 e. The zero-order valence-electron chi connectivity index (χ0n) is 11.5. The second-order valence-electron chi connectivity index (χ2n) is 5.66. The lowest BCUT2D eigenvalue weighted by atomic mass is 9.94. The van der Waals surface area contributed by atoms with Crippen LogP contribution in [-0.2, 0) is 9.59 Å². The first-order valence-corrected chi connectivity index (χ1v) is 7.43. The van der Waals surface area contributed by atoms with Crippen molar-refractivity contribution in [1.82, 2.24) is 4.90 Å². The van der Waals surface area contributed by atoms with Crippen LogP contribution in [0.5, 0.6) is 0 Å². The van der Waals surface area contributed by atoms with Gasteiger partial charge in [0.05, 0.1) is 6.42 Å². The summed E-state index contributed by atoms with van der Waals surface area (Å²) in [7, 11) is 0. The highest BCUT2D eigenvalue weighted by Gasteiger charge is 2.42. The number of anilines is 1. The van der Waals surface area contributed by atoms with Gasteiger partial charge in [0.1, 0.15) is 6.04 Å². The Morgan fingerprint density at radius 3 is 2.40 bits per heavy atom. The molecule has 4 heteroatoms. The summed E-state index contributed by atoms with van der Waals surface area (Å²) in [6, 6.07) is 9.34. The Morgan fingerprint density at radius 1 is 1.00 bits per heavy atom. The van der Waals surface area contributed by atoms with Gasteiger partial charge in [0.2, 0.25) is 5.91 Å². The average molecular weight is 272 g/mol. The first-order valence-electron chi connectivity index (χ1n) is 7.43. The molecule has 106 valence electrons. The van der Waals surface area contributed by atoms with E-state index >= 15 is 0 Å². The minimum atomic E-state index is -0.396. The van der Waals surface area contributed by atoms with Crippen molar-refractivity contribution in [2.45, 2.75) is 50.6 Å². The molecular formula is C16H20N2O2. The summed E-state index contributed by atoms with van der Waals surface area (Å²) in [5.41, 5.74) is 0.893. The number of rotatable bonds is 3. The molecule has 4 nitrogen and oxygen atoms in total.